The molecular formula is C20H35N3O5. The van der Waals surface area contributed by atoms with Crippen LogP contribution in [0.2, 0.25) is 0 Å². The molecule has 0 bridgehead atoms. The van der Waals surface area contributed by atoms with Crippen LogP contribution in [0.15, 0.2) is 6.20 Å². The number of carbonyl (C=O) groups excluding carboxylic acids is 2. The summed E-state index contributed by atoms with van der Waals surface area (Å²) >= 11 is 0. The van der Waals surface area contributed by atoms with Crippen LogP contribution < -0.4 is 0 Å². The highest BCUT2D eigenvalue weighted by Crippen LogP contribution is 2.17. The van der Waals surface area contributed by atoms with Crippen molar-refractivity contribution in [2.45, 2.75) is 67.3 Å². The van der Waals surface area contributed by atoms with Gasteiger partial charge in [-0.3, -0.25) is 9.59 Å². The van der Waals surface area contributed by atoms with Crippen molar-refractivity contribution < 1.29 is 23.8 Å². The highest BCUT2D eigenvalue weighted by Gasteiger charge is 2.22. The fourth-order valence-corrected chi connectivity index (χ4v) is 2.01. The number of aromatic nitrogens is 3. The third-order valence-electron chi connectivity index (χ3n) is 3.82. The molecule has 0 fully saturated rings. The average molecular weight is 398 g/mol. The van der Waals surface area contributed by atoms with Gasteiger partial charge in [-0.2, -0.15) is 0 Å². The molecule has 0 aliphatic rings. The number of carbonyl (C=O) groups is 2. The Morgan fingerprint density at radius 3 is 2.36 bits per heavy atom. The number of esters is 2. The van der Waals surface area contributed by atoms with Crippen molar-refractivity contribution in [3.63, 3.8) is 0 Å². The van der Waals surface area contributed by atoms with Gasteiger partial charge >= 0.3 is 11.9 Å². The summed E-state index contributed by atoms with van der Waals surface area (Å²) < 4.78 is 17.4. The van der Waals surface area contributed by atoms with Crippen molar-refractivity contribution in [1.29, 1.82) is 0 Å². The number of rotatable bonds is 11. The molecule has 0 atom stereocenters. The molecule has 0 amide bonds. The summed E-state index contributed by atoms with van der Waals surface area (Å²) in [5, 5.41) is 7.99. The molecular weight excluding hydrogens is 362 g/mol. The van der Waals surface area contributed by atoms with Gasteiger partial charge in [-0.25, -0.2) is 4.68 Å². The molecule has 0 unspecified atom stereocenters. The van der Waals surface area contributed by atoms with Crippen molar-refractivity contribution >= 4 is 11.9 Å². The van der Waals surface area contributed by atoms with E-state index < -0.39 is 5.41 Å². The minimum atomic E-state index is -0.522. The SMILES string of the molecule is CC(C)(C)CCOCCOC(=O)CCc1cn(CCOC(=O)C(C)(C)C)nn1. The van der Waals surface area contributed by atoms with E-state index in [2.05, 4.69) is 31.1 Å². The Kier molecular flexibility index (Phi) is 9.58. The van der Waals surface area contributed by atoms with Gasteiger partial charge in [0.2, 0.25) is 0 Å². The van der Waals surface area contributed by atoms with Crippen molar-refractivity contribution in [1.82, 2.24) is 15.0 Å². The molecule has 1 aromatic rings. The van der Waals surface area contributed by atoms with Gasteiger partial charge in [0.25, 0.3) is 0 Å². The largest absolute Gasteiger partial charge is 0.463 e. The quantitative estimate of drug-likeness (QED) is 0.419. The minimum absolute atomic E-state index is 0.232. The first-order chi connectivity index (χ1) is 13.0. The lowest BCUT2D eigenvalue weighted by molar-refractivity contribution is -0.153. The first kappa shape index (κ1) is 24.1. The molecule has 1 aromatic heterocycles. The number of nitrogens with zero attached hydrogens (tertiary/aromatic N) is 3. The first-order valence-corrected chi connectivity index (χ1v) is 9.77. The van der Waals surface area contributed by atoms with Gasteiger partial charge in [0, 0.05) is 19.2 Å². The topological polar surface area (TPSA) is 92.5 Å². The molecule has 1 heterocycles. The van der Waals surface area contributed by atoms with Gasteiger partial charge in [0.05, 0.1) is 30.7 Å². The van der Waals surface area contributed by atoms with Crippen molar-refractivity contribution in [2.24, 2.45) is 10.8 Å². The van der Waals surface area contributed by atoms with Crippen LogP contribution >= 0.6 is 0 Å². The second kappa shape index (κ2) is 11.1. The first-order valence-electron chi connectivity index (χ1n) is 9.77. The lowest BCUT2D eigenvalue weighted by atomic mass is 9.93. The third kappa shape index (κ3) is 11.0. The van der Waals surface area contributed by atoms with Gasteiger partial charge in [0.1, 0.15) is 13.2 Å². The van der Waals surface area contributed by atoms with Crippen LogP contribution in [0.5, 0.6) is 0 Å². The fraction of sp³-hybridized carbons (Fsp3) is 0.800. The zero-order chi connectivity index (χ0) is 21.2. The monoisotopic (exact) mass is 397 g/mol. The highest BCUT2D eigenvalue weighted by atomic mass is 16.6. The Morgan fingerprint density at radius 1 is 1.00 bits per heavy atom. The Balaban J connectivity index is 2.15. The van der Waals surface area contributed by atoms with E-state index in [1.165, 1.54) is 0 Å². The van der Waals surface area contributed by atoms with Crippen LogP contribution in [0.4, 0.5) is 0 Å². The zero-order valence-electron chi connectivity index (χ0n) is 18.1. The molecule has 0 spiro atoms. The number of hydrogen-bond donors (Lipinski definition) is 0. The standard InChI is InChI=1S/C20H35N3O5/c1-19(2,3)9-11-26-13-14-27-17(24)8-7-16-15-23(22-21-16)10-12-28-18(25)20(4,5)6/h15H,7-14H2,1-6H3. The van der Waals surface area contributed by atoms with E-state index in [-0.39, 0.29) is 37.0 Å². The molecule has 0 radical (unpaired) electrons. The van der Waals surface area contributed by atoms with Crippen LogP contribution in [0.1, 0.15) is 60.1 Å². The summed E-state index contributed by atoms with van der Waals surface area (Å²) in [6, 6.07) is 0. The minimum Gasteiger partial charge on any atom is -0.463 e. The van der Waals surface area contributed by atoms with Crippen LogP contribution in [-0.4, -0.2) is 53.4 Å². The van der Waals surface area contributed by atoms with E-state index in [0.29, 0.717) is 31.9 Å². The van der Waals surface area contributed by atoms with Crippen molar-refractivity contribution in [2.75, 3.05) is 26.4 Å². The van der Waals surface area contributed by atoms with Crippen molar-refractivity contribution in [3.05, 3.63) is 11.9 Å². The maximum Gasteiger partial charge on any atom is 0.311 e. The van der Waals surface area contributed by atoms with Crippen LogP contribution in [-0.2, 0) is 36.8 Å². The van der Waals surface area contributed by atoms with Crippen molar-refractivity contribution in [3.8, 4) is 0 Å². The van der Waals surface area contributed by atoms with Crippen LogP contribution in [0.25, 0.3) is 0 Å². The Morgan fingerprint density at radius 2 is 1.71 bits per heavy atom. The normalized spacial score (nSPS) is 12.1. The lowest BCUT2D eigenvalue weighted by Crippen LogP contribution is -2.24. The van der Waals surface area contributed by atoms with E-state index in [1.807, 2.05) is 0 Å². The molecule has 0 aliphatic carbocycles. The molecule has 0 saturated carbocycles. The molecule has 8 nitrogen and oxygen atoms in total. The highest BCUT2D eigenvalue weighted by molar-refractivity contribution is 5.75. The summed E-state index contributed by atoms with van der Waals surface area (Å²) in [6.07, 6.45) is 3.39. The third-order valence-corrected chi connectivity index (χ3v) is 3.82. The second-order valence-electron chi connectivity index (χ2n) is 9.00. The van der Waals surface area contributed by atoms with E-state index in [1.54, 1.807) is 31.6 Å². The van der Waals surface area contributed by atoms with Gasteiger partial charge in [-0.05, 0) is 32.6 Å². The molecule has 0 aromatic carbocycles. The Labute approximate surface area is 167 Å². The maximum atomic E-state index is 11.8. The lowest BCUT2D eigenvalue weighted by Gasteiger charge is -2.17. The molecule has 28 heavy (non-hydrogen) atoms. The molecule has 0 N–H and O–H groups in total. The summed E-state index contributed by atoms with van der Waals surface area (Å²) in [7, 11) is 0. The van der Waals surface area contributed by atoms with Crippen LogP contribution in [0.3, 0.4) is 0 Å². The van der Waals surface area contributed by atoms with Gasteiger partial charge in [-0.15, -0.1) is 5.10 Å². The van der Waals surface area contributed by atoms with Gasteiger partial charge in [0.15, 0.2) is 0 Å². The van der Waals surface area contributed by atoms with Crippen LogP contribution in [0, 0.1) is 10.8 Å². The number of ether oxygens (including phenoxy) is 3. The molecule has 1 rings (SSSR count). The fourth-order valence-electron chi connectivity index (χ4n) is 2.01. The molecule has 8 heteroatoms. The van der Waals surface area contributed by atoms with E-state index in [4.69, 9.17) is 14.2 Å². The summed E-state index contributed by atoms with van der Waals surface area (Å²) in [5.74, 6) is -0.536. The molecule has 0 saturated heterocycles. The predicted molar refractivity (Wildman–Crippen MR) is 105 cm³/mol. The average Bonchev–Trinajstić information content (AvgIpc) is 3.02. The smallest absolute Gasteiger partial charge is 0.311 e. The van der Waals surface area contributed by atoms with Gasteiger partial charge < -0.3 is 14.2 Å². The predicted octanol–water partition coefficient (Wildman–Crippen LogP) is 2.80. The van der Waals surface area contributed by atoms with Gasteiger partial charge in [-0.1, -0.05) is 26.0 Å². The Bertz CT molecular complexity index is 614. The maximum absolute atomic E-state index is 11.8. The Hall–Kier alpha value is -1.96. The zero-order valence-corrected chi connectivity index (χ0v) is 18.1. The molecule has 0 aliphatic heterocycles. The van der Waals surface area contributed by atoms with E-state index in [9.17, 15) is 9.59 Å². The number of aryl methyl sites for hydroxylation is 1. The molecule has 160 valence electrons. The second-order valence-corrected chi connectivity index (χ2v) is 9.00. The summed E-state index contributed by atoms with van der Waals surface area (Å²) in [4.78, 5) is 23.5. The van der Waals surface area contributed by atoms with E-state index in [0.717, 1.165) is 6.42 Å². The summed E-state index contributed by atoms with van der Waals surface area (Å²) in [5.41, 5.74) is 0.411. The summed E-state index contributed by atoms with van der Waals surface area (Å²) in [6.45, 7) is 13.9. The van der Waals surface area contributed by atoms with E-state index >= 15 is 0 Å². The number of hydrogen-bond acceptors (Lipinski definition) is 7.